The second-order valence-corrected chi connectivity index (χ2v) is 8.93. The summed E-state index contributed by atoms with van der Waals surface area (Å²) < 4.78 is 6.45. The summed E-state index contributed by atoms with van der Waals surface area (Å²) in [6.45, 7) is 5.07. The maximum absolute atomic E-state index is 10.9. The highest BCUT2D eigenvalue weighted by molar-refractivity contribution is 5.80. The summed E-state index contributed by atoms with van der Waals surface area (Å²) in [5.41, 5.74) is 5.47. The molecule has 3 aliphatic rings. The summed E-state index contributed by atoms with van der Waals surface area (Å²) >= 11 is 0. The third kappa shape index (κ3) is 3.97. The Balaban J connectivity index is 1.72. The maximum Gasteiger partial charge on any atom is 0.193 e. The number of likely N-dealkylation sites (N-methyl/N-ethyl adjacent to an activating group) is 1. The Bertz CT molecular complexity index is 468. The van der Waals surface area contributed by atoms with Crippen LogP contribution in [0.3, 0.4) is 0 Å². The van der Waals surface area contributed by atoms with Crippen molar-refractivity contribution in [3.05, 3.63) is 0 Å². The lowest BCUT2D eigenvalue weighted by Gasteiger charge is -2.40. The van der Waals surface area contributed by atoms with E-state index in [1.165, 1.54) is 51.4 Å². The topological polar surface area (TPSA) is 71.1 Å². The minimum Gasteiger partial charge on any atom is -0.375 e. The van der Waals surface area contributed by atoms with Crippen LogP contribution in [-0.2, 0) is 4.74 Å². The van der Waals surface area contributed by atoms with Gasteiger partial charge in [-0.25, -0.2) is 4.99 Å². The minimum absolute atomic E-state index is 0.270. The Morgan fingerprint density at radius 2 is 1.76 bits per heavy atom. The van der Waals surface area contributed by atoms with Gasteiger partial charge in [0.1, 0.15) is 5.54 Å². The third-order valence-electron chi connectivity index (χ3n) is 6.88. The van der Waals surface area contributed by atoms with E-state index in [1.54, 1.807) is 4.90 Å². The number of hydrogen-bond acceptors (Lipinski definition) is 5. The van der Waals surface area contributed by atoms with Crippen molar-refractivity contribution in [2.45, 2.75) is 89.5 Å². The zero-order chi connectivity index (χ0) is 18.0. The van der Waals surface area contributed by atoms with E-state index in [0.717, 1.165) is 6.42 Å². The maximum atomic E-state index is 10.9. The summed E-state index contributed by atoms with van der Waals surface area (Å²) in [6, 6.07) is 0. The van der Waals surface area contributed by atoms with Crippen LogP contribution >= 0.6 is 0 Å². The molecule has 1 heterocycles. The molecular formula is C20H37N3O2. The molecular weight excluding hydrogens is 314 g/mol. The molecule has 4 unspecified atom stereocenters. The molecule has 3 rings (SSSR count). The van der Waals surface area contributed by atoms with E-state index in [9.17, 15) is 5.11 Å². The Labute approximate surface area is 153 Å². The molecule has 0 amide bonds. The number of ether oxygens (including phenoxy) is 1. The molecule has 2 fully saturated rings. The van der Waals surface area contributed by atoms with E-state index in [4.69, 9.17) is 15.5 Å². The van der Waals surface area contributed by atoms with E-state index in [2.05, 4.69) is 13.8 Å². The van der Waals surface area contributed by atoms with Gasteiger partial charge in [0, 0.05) is 7.05 Å². The number of rotatable bonds is 5. The lowest BCUT2D eigenvalue weighted by atomic mass is 9.78. The molecule has 5 heteroatoms. The SMILES string of the molecule is CC1CCCC(C)C1OCC1(CC2CCCCC2)N=C(N)N(C)C1O. The van der Waals surface area contributed by atoms with E-state index in [-0.39, 0.29) is 6.10 Å². The molecule has 0 aromatic heterocycles. The van der Waals surface area contributed by atoms with Crippen LogP contribution in [0.15, 0.2) is 4.99 Å². The minimum atomic E-state index is -0.677. The molecule has 144 valence electrons. The Morgan fingerprint density at radius 3 is 2.32 bits per heavy atom. The molecule has 0 aromatic rings. The first kappa shape index (κ1) is 19.0. The molecule has 2 saturated carbocycles. The molecule has 0 saturated heterocycles. The first-order valence-electron chi connectivity index (χ1n) is 10.3. The van der Waals surface area contributed by atoms with Crippen molar-refractivity contribution in [3.8, 4) is 0 Å². The number of nitrogens with two attached hydrogens (primary N) is 1. The van der Waals surface area contributed by atoms with Gasteiger partial charge >= 0.3 is 0 Å². The van der Waals surface area contributed by atoms with Gasteiger partial charge in [0.05, 0.1) is 12.7 Å². The van der Waals surface area contributed by atoms with Gasteiger partial charge in [-0.05, 0) is 37.0 Å². The zero-order valence-electron chi connectivity index (χ0n) is 16.3. The van der Waals surface area contributed by atoms with Gasteiger partial charge in [-0.3, -0.25) is 0 Å². The van der Waals surface area contributed by atoms with E-state index < -0.39 is 11.8 Å². The quantitative estimate of drug-likeness (QED) is 0.798. The largest absolute Gasteiger partial charge is 0.375 e. The molecule has 3 N–H and O–H groups in total. The van der Waals surface area contributed by atoms with Gasteiger partial charge in [0.25, 0.3) is 0 Å². The van der Waals surface area contributed by atoms with Crippen molar-refractivity contribution in [3.63, 3.8) is 0 Å². The van der Waals surface area contributed by atoms with Crippen LogP contribution < -0.4 is 5.73 Å². The fraction of sp³-hybridized carbons (Fsp3) is 0.950. The monoisotopic (exact) mass is 351 g/mol. The Morgan fingerprint density at radius 1 is 1.12 bits per heavy atom. The van der Waals surface area contributed by atoms with Gasteiger partial charge in [-0.1, -0.05) is 52.4 Å². The predicted octanol–water partition coefficient (Wildman–Crippen LogP) is 3.12. The standard InChI is InChI=1S/C20H37N3O2/c1-14-8-7-9-15(2)17(14)25-13-20(12-16-10-5-4-6-11-16)18(24)23(3)19(21)22-20/h14-18,24H,4-13H2,1-3H3,(H2,21,22). The average Bonchev–Trinajstić information content (AvgIpc) is 2.80. The summed E-state index contributed by atoms with van der Waals surface area (Å²) in [5.74, 6) is 2.22. The van der Waals surface area contributed by atoms with Gasteiger partial charge < -0.3 is 20.5 Å². The van der Waals surface area contributed by atoms with Gasteiger partial charge in [-0.2, -0.15) is 0 Å². The number of nitrogens with zero attached hydrogens (tertiary/aromatic N) is 2. The van der Waals surface area contributed by atoms with Crippen LogP contribution in [0.4, 0.5) is 0 Å². The summed E-state index contributed by atoms with van der Waals surface area (Å²) in [6.07, 6.45) is 10.7. The first-order chi connectivity index (χ1) is 11.9. The third-order valence-corrected chi connectivity index (χ3v) is 6.88. The van der Waals surface area contributed by atoms with E-state index in [0.29, 0.717) is 30.3 Å². The second-order valence-electron chi connectivity index (χ2n) is 8.93. The fourth-order valence-corrected chi connectivity index (χ4v) is 5.28. The molecule has 2 aliphatic carbocycles. The smallest absolute Gasteiger partial charge is 0.193 e. The van der Waals surface area contributed by atoms with Crippen molar-refractivity contribution in [1.82, 2.24) is 4.90 Å². The fourth-order valence-electron chi connectivity index (χ4n) is 5.28. The van der Waals surface area contributed by atoms with Gasteiger partial charge in [0.15, 0.2) is 12.2 Å². The Hall–Kier alpha value is -0.810. The van der Waals surface area contributed by atoms with Gasteiger partial charge in [0.2, 0.25) is 0 Å². The highest BCUT2D eigenvalue weighted by atomic mass is 16.5. The first-order valence-corrected chi connectivity index (χ1v) is 10.3. The number of aliphatic hydroxyl groups excluding tert-OH is 1. The summed E-state index contributed by atoms with van der Waals surface area (Å²) in [4.78, 5) is 6.46. The predicted molar refractivity (Wildman–Crippen MR) is 101 cm³/mol. The molecule has 0 bridgehead atoms. The lowest BCUT2D eigenvalue weighted by molar-refractivity contribution is -0.0939. The van der Waals surface area contributed by atoms with Crippen molar-refractivity contribution >= 4 is 5.96 Å². The number of aliphatic imine (C=N–C) groups is 1. The van der Waals surface area contributed by atoms with Crippen LogP contribution in [0.2, 0.25) is 0 Å². The van der Waals surface area contributed by atoms with Crippen molar-refractivity contribution < 1.29 is 9.84 Å². The highest BCUT2D eigenvalue weighted by Crippen LogP contribution is 2.39. The van der Waals surface area contributed by atoms with Crippen LogP contribution in [0.1, 0.15) is 71.6 Å². The van der Waals surface area contributed by atoms with Crippen molar-refractivity contribution in [1.29, 1.82) is 0 Å². The number of hydrogen-bond donors (Lipinski definition) is 2. The number of guanidine groups is 1. The average molecular weight is 352 g/mol. The molecule has 0 radical (unpaired) electrons. The second kappa shape index (κ2) is 7.83. The van der Waals surface area contributed by atoms with Crippen LogP contribution in [0.25, 0.3) is 0 Å². The van der Waals surface area contributed by atoms with Crippen LogP contribution in [0, 0.1) is 17.8 Å². The van der Waals surface area contributed by atoms with E-state index in [1.807, 2.05) is 7.05 Å². The van der Waals surface area contributed by atoms with Crippen molar-refractivity contribution in [2.75, 3.05) is 13.7 Å². The molecule has 0 aromatic carbocycles. The zero-order valence-corrected chi connectivity index (χ0v) is 16.3. The van der Waals surface area contributed by atoms with Crippen LogP contribution in [-0.4, -0.2) is 47.5 Å². The molecule has 1 aliphatic heterocycles. The molecule has 5 nitrogen and oxygen atoms in total. The van der Waals surface area contributed by atoms with E-state index >= 15 is 0 Å². The normalized spacial score (nSPS) is 40.3. The van der Waals surface area contributed by atoms with Gasteiger partial charge in [-0.15, -0.1) is 0 Å². The van der Waals surface area contributed by atoms with Crippen molar-refractivity contribution in [2.24, 2.45) is 28.5 Å². The van der Waals surface area contributed by atoms with Crippen LogP contribution in [0.5, 0.6) is 0 Å². The molecule has 4 atom stereocenters. The molecule has 25 heavy (non-hydrogen) atoms. The summed E-state index contributed by atoms with van der Waals surface area (Å²) in [5, 5.41) is 10.9. The Kier molecular flexibility index (Phi) is 5.94. The summed E-state index contributed by atoms with van der Waals surface area (Å²) in [7, 11) is 1.83. The highest BCUT2D eigenvalue weighted by Gasteiger charge is 2.48. The lowest BCUT2D eigenvalue weighted by Crippen LogP contribution is -2.51. The number of aliphatic hydroxyl groups is 1. The molecule has 0 spiro atoms.